The first-order valence-electron chi connectivity index (χ1n) is 10.5. The Balaban J connectivity index is 1.57. The molecule has 3 N–H and O–H groups in total. The third-order valence-corrected chi connectivity index (χ3v) is 7.22. The van der Waals surface area contributed by atoms with E-state index in [0.717, 1.165) is 28.6 Å². The minimum atomic E-state index is -0.278. The van der Waals surface area contributed by atoms with Crippen LogP contribution in [0.25, 0.3) is 10.2 Å². The zero-order chi connectivity index (χ0) is 21.5. The highest BCUT2D eigenvalue weighted by molar-refractivity contribution is 7.20. The number of aryl methyl sites for hydroxylation is 1. The Labute approximate surface area is 183 Å². The van der Waals surface area contributed by atoms with E-state index in [2.05, 4.69) is 32.2 Å². The van der Waals surface area contributed by atoms with Crippen molar-refractivity contribution < 1.29 is 4.79 Å². The van der Waals surface area contributed by atoms with Crippen molar-refractivity contribution in [1.82, 2.24) is 10.3 Å². The number of aromatic nitrogens is 1. The van der Waals surface area contributed by atoms with Gasteiger partial charge in [-0.3, -0.25) is 4.79 Å². The Morgan fingerprint density at radius 3 is 2.83 bits per heavy atom. The fraction of sp³-hybridized carbons (Fsp3) is 0.417. The topological polar surface area (TPSA) is 68.0 Å². The molecule has 0 fully saturated rings. The number of nitrogens with zero attached hydrogens (tertiary/aromatic N) is 1. The minimum absolute atomic E-state index is 0.124. The van der Waals surface area contributed by atoms with Crippen LogP contribution >= 0.6 is 11.3 Å². The zero-order valence-corrected chi connectivity index (χ0v) is 18.7. The zero-order valence-electron chi connectivity index (χ0n) is 17.9. The number of amides is 1. The summed E-state index contributed by atoms with van der Waals surface area (Å²) >= 11 is 1.45. The number of carbonyl (C=O) groups is 1. The summed E-state index contributed by atoms with van der Waals surface area (Å²) in [6.45, 7) is 7.25. The minimum Gasteiger partial charge on any atom is -0.343 e. The molecule has 4 nitrogen and oxygen atoms in total. The highest BCUT2D eigenvalue weighted by Crippen LogP contribution is 2.38. The Morgan fingerprint density at radius 2 is 2.13 bits per heavy atom. The van der Waals surface area contributed by atoms with E-state index in [1.54, 1.807) is 0 Å². The Bertz CT molecular complexity index is 1090. The fourth-order valence-corrected chi connectivity index (χ4v) is 5.20. The van der Waals surface area contributed by atoms with E-state index in [9.17, 15) is 4.79 Å². The van der Waals surface area contributed by atoms with Gasteiger partial charge in [-0.2, -0.15) is 0 Å². The third-order valence-electron chi connectivity index (χ3n) is 6.18. The van der Waals surface area contributed by atoms with Crippen LogP contribution in [0.2, 0.25) is 0 Å². The maximum absolute atomic E-state index is 12.9. The van der Waals surface area contributed by atoms with Crippen LogP contribution in [0.3, 0.4) is 0 Å². The van der Waals surface area contributed by atoms with Gasteiger partial charge in [-0.15, -0.1) is 11.3 Å². The molecule has 1 unspecified atom stereocenters. The Morgan fingerprint density at radius 1 is 1.33 bits per heavy atom. The first-order chi connectivity index (χ1) is 14.2. The molecule has 2 aromatic heterocycles. The summed E-state index contributed by atoms with van der Waals surface area (Å²) < 4.78 is 0. The standard InChI is InChI=1S/C24H28BN3OS/c1-24(2,3)17-7-8-19-15(10-17)9-16-12-21(30-23(16)28-19)22(29)27-20(13-26)14-5-4-6-18(25)11-14/h4-6,9,11-12,17,20H,7-8,10,13,26H2,1-3H3,(H,27,29)/t17?,20-/m1/s1. The number of fused-ring (bicyclic) bond motifs is 2. The molecule has 0 saturated carbocycles. The molecule has 1 aromatic carbocycles. The smallest absolute Gasteiger partial charge is 0.261 e. The van der Waals surface area contributed by atoms with E-state index in [-0.39, 0.29) is 11.9 Å². The van der Waals surface area contributed by atoms with Gasteiger partial charge in [0.1, 0.15) is 12.7 Å². The molecule has 2 atom stereocenters. The number of thiophene rings is 1. The van der Waals surface area contributed by atoms with E-state index in [1.807, 2.05) is 30.3 Å². The van der Waals surface area contributed by atoms with Crippen LogP contribution in [0.1, 0.15) is 59.7 Å². The number of nitrogens with one attached hydrogen (secondary N) is 1. The lowest BCUT2D eigenvalue weighted by atomic mass is 9.71. The van der Waals surface area contributed by atoms with Gasteiger partial charge in [0.25, 0.3) is 5.91 Å². The first-order valence-corrected chi connectivity index (χ1v) is 11.3. The van der Waals surface area contributed by atoms with Crippen LogP contribution in [0.4, 0.5) is 0 Å². The van der Waals surface area contributed by atoms with Crippen LogP contribution in [0.15, 0.2) is 36.4 Å². The molecule has 0 spiro atoms. The van der Waals surface area contributed by atoms with Gasteiger partial charge in [0.15, 0.2) is 0 Å². The maximum Gasteiger partial charge on any atom is 0.261 e. The van der Waals surface area contributed by atoms with E-state index >= 15 is 0 Å². The van der Waals surface area contributed by atoms with Crippen molar-refractivity contribution in [3.63, 3.8) is 0 Å². The monoisotopic (exact) mass is 417 g/mol. The van der Waals surface area contributed by atoms with Crippen LogP contribution < -0.4 is 16.5 Å². The molecule has 0 bridgehead atoms. The van der Waals surface area contributed by atoms with Crippen molar-refractivity contribution in [2.45, 2.75) is 46.1 Å². The van der Waals surface area contributed by atoms with Gasteiger partial charge >= 0.3 is 0 Å². The molecule has 2 heterocycles. The number of hydrogen-bond donors (Lipinski definition) is 2. The summed E-state index contributed by atoms with van der Waals surface area (Å²) in [5.74, 6) is 0.538. The average Bonchev–Trinajstić information content (AvgIpc) is 3.12. The highest BCUT2D eigenvalue weighted by atomic mass is 32.1. The van der Waals surface area contributed by atoms with Crippen molar-refractivity contribution in [2.24, 2.45) is 17.1 Å². The summed E-state index contributed by atoms with van der Waals surface area (Å²) in [6.07, 6.45) is 3.24. The van der Waals surface area contributed by atoms with Crippen LogP contribution in [-0.4, -0.2) is 25.3 Å². The molecular formula is C24H28BN3OS. The van der Waals surface area contributed by atoms with Gasteiger partial charge in [-0.1, -0.05) is 50.5 Å². The van der Waals surface area contributed by atoms with Crippen LogP contribution in [-0.2, 0) is 12.8 Å². The van der Waals surface area contributed by atoms with Crippen molar-refractivity contribution in [2.75, 3.05) is 6.54 Å². The van der Waals surface area contributed by atoms with Crippen molar-refractivity contribution in [3.8, 4) is 0 Å². The summed E-state index contributed by atoms with van der Waals surface area (Å²) in [5, 5.41) is 4.09. The fourth-order valence-electron chi connectivity index (χ4n) is 4.26. The number of nitrogens with two attached hydrogens (primary N) is 1. The van der Waals surface area contributed by atoms with Gasteiger partial charge in [0.05, 0.1) is 10.9 Å². The summed E-state index contributed by atoms with van der Waals surface area (Å²) in [5.41, 5.74) is 10.3. The van der Waals surface area contributed by atoms with Crippen LogP contribution in [0, 0.1) is 11.3 Å². The second kappa shape index (κ2) is 8.16. The Hall–Kier alpha value is -2.18. The van der Waals surface area contributed by atoms with Gasteiger partial charge in [0, 0.05) is 17.6 Å². The lowest BCUT2D eigenvalue weighted by molar-refractivity contribution is 0.0942. The summed E-state index contributed by atoms with van der Waals surface area (Å²) in [4.78, 5) is 19.4. The number of rotatable bonds is 4. The molecule has 0 aliphatic heterocycles. The lowest BCUT2D eigenvalue weighted by Gasteiger charge is -2.34. The molecule has 3 aromatic rings. The molecule has 1 aliphatic rings. The van der Waals surface area contributed by atoms with E-state index in [1.165, 1.54) is 29.0 Å². The largest absolute Gasteiger partial charge is 0.343 e. The molecule has 6 heteroatoms. The normalized spacial score (nSPS) is 17.5. The van der Waals surface area contributed by atoms with Crippen molar-refractivity contribution in [1.29, 1.82) is 0 Å². The van der Waals surface area contributed by atoms with Gasteiger partial charge in [-0.25, -0.2) is 4.98 Å². The summed E-state index contributed by atoms with van der Waals surface area (Å²) in [6, 6.07) is 11.4. The quantitative estimate of drug-likeness (QED) is 0.637. The molecule has 2 radical (unpaired) electrons. The van der Waals surface area contributed by atoms with Crippen LogP contribution in [0.5, 0.6) is 0 Å². The highest BCUT2D eigenvalue weighted by Gasteiger charge is 2.29. The molecule has 1 amide bonds. The van der Waals surface area contributed by atoms with Crippen molar-refractivity contribution >= 4 is 40.8 Å². The number of pyridine rings is 1. The lowest BCUT2D eigenvalue weighted by Crippen LogP contribution is -2.33. The second-order valence-electron chi connectivity index (χ2n) is 9.34. The molecule has 154 valence electrons. The third kappa shape index (κ3) is 4.30. The Kier molecular flexibility index (Phi) is 5.73. The molecule has 30 heavy (non-hydrogen) atoms. The van der Waals surface area contributed by atoms with Crippen molar-refractivity contribution in [3.05, 3.63) is 58.1 Å². The number of benzene rings is 1. The number of hydrogen-bond acceptors (Lipinski definition) is 4. The predicted octanol–water partition coefficient (Wildman–Crippen LogP) is 3.67. The van der Waals surface area contributed by atoms with E-state index in [4.69, 9.17) is 18.6 Å². The van der Waals surface area contributed by atoms with Gasteiger partial charge < -0.3 is 11.1 Å². The first kappa shape index (κ1) is 21.1. The van der Waals surface area contributed by atoms with E-state index < -0.39 is 0 Å². The van der Waals surface area contributed by atoms with E-state index in [0.29, 0.717) is 28.2 Å². The SMILES string of the molecule is [B]c1cccc([C@@H](CN)NC(=O)c2cc3cc4c(nc3s2)CCC(C(C)(C)C)C4)c1. The van der Waals surface area contributed by atoms with Gasteiger partial charge in [0.2, 0.25) is 0 Å². The average molecular weight is 417 g/mol. The predicted molar refractivity (Wildman–Crippen MR) is 126 cm³/mol. The molecular weight excluding hydrogens is 389 g/mol. The molecule has 0 saturated heterocycles. The second-order valence-corrected chi connectivity index (χ2v) is 10.4. The molecule has 1 aliphatic carbocycles. The number of carbonyl (C=O) groups excluding carboxylic acids is 1. The maximum atomic E-state index is 12.9. The molecule has 4 rings (SSSR count). The summed E-state index contributed by atoms with van der Waals surface area (Å²) in [7, 11) is 5.88. The van der Waals surface area contributed by atoms with Gasteiger partial charge in [-0.05, 0) is 53.9 Å².